The molecule has 3 nitrogen and oxygen atoms in total. The highest BCUT2D eigenvalue weighted by atomic mass is 15.1. The van der Waals surface area contributed by atoms with Crippen LogP contribution in [0.2, 0.25) is 0 Å². The van der Waals surface area contributed by atoms with E-state index in [0.29, 0.717) is 5.96 Å². The molecule has 0 saturated heterocycles. The second kappa shape index (κ2) is 5.01. The molecule has 72 valence electrons. The van der Waals surface area contributed by atoms with Gasteiger partial charge in [-0.05, 0) is 11.8 Å². The zero-order valence-electron chi connectivity index (χ0n) is 8.65. The van der Waals surface area contributed by atoms with Gasteiger partial charge in [-0.3, -0.25) is 4.99 Å². The minimum atomic E-state index is 0.221. The van der Waals surface area contributed by atoms with Crippen molar-refractivity contribution in [2.75, 3.05) is 13.1 Å². The van der Waals surface area contributed by atoms with Crippen molar-refractivity contribution >= 4 is 5.96 Å². The molecule has 0 atom stereocenters. The first-order valence-electron chi connectivity index (χ1n) is 4.49. The van der Waals surface area contributed by atoms with E-state index in [1.807, 2.05) is 0 Å². The van der Waals surface area contributed by atoms with Crippen molar-refractivity contribution in [1.82, 2.24) is 5.32 Å². The molecule has 0 aliphatic carbocycles. The summed E-state index contributed by atoms with van der Waals surface area (Å²) >= 11 is 0. The Balaban J connectivity index is 3.69. The van der Waals surface area contributed by atoms with Crippen LogP contribution in [0.1, 0.15) is 34.1 Å². The quantitative estimate of drug-likeness (QED) is 0.497. The summed E-state index contributed by atoms with van der Waals surface area (Å²) in [7, 11) is 0. The van der Waals surface area contributed by atoms with E-state index in [1.165, 1.54) is 0 Å². The van der Waals surface area contributed by atoms with Crippen molar-refractivity contribution in [3.05, 3.63) is 0 Å². The van der Waals surface area contributed by atoms with Gasteiger partial charge in [-0.15, -0.1) is 0 Å². The largest absolute Gasteiger partial charge is 0.370 e. The molecule has 0 aliphatic heterocycles. The minimum absolute atomic E-state index is 0.221. The molecule has 3 N–H and O–H groups in total. The Bertz CT molecular complexity index is 144. The van der Waals surface area contributed by atoms with Gasteiger partial charge in [-0.25, -0.2) is 0 Å². The summed E-state index contributed by atoms with van der Waals surface area (Å²) in [6.07, 6.45) is 1.08. The van der Waals surface area contributed by atoms with Crippen molar-refractivity contribution in [1.29, 1.82) is 0 Å². The molecule has 0 fully saturated rings. The molecule has 0 aromatic heterocycles. The van der Waals surface area contributed by atoms with E-state index < -0.39 is 0 Å². The molecule has 3 heteroatoms. The molecule has 0 aliphatic rings. The fraction of sp³-hybridized carbons (Fsp3) is 0.889. The zero-order chi connectivity index (χ0) is 9.61. The maximum Gasteiger partial charge on any atom is 0.188 e. The molecule has 12 heavy (non-hydrogen) atoms. The second-order valence-electron chi connectivity index (χ2n) is 4.19. The van der Waals surface area contributed by atoms with Gasteiger partial charge in [-0.1, -0.05) is 27.7 Å². The molecule has 0 unspecified atom stereocenters. The van der Waals surface area contributed by atoms with Gasteiger partial charge >= 0.3 is 0 Å². The number of aliphatic imine (C=N–C) groups is 1. The van der Waals surface area contributed by atoms with E-state index in [1.54, 1.807) is 0 Å². The first-order chi connectivity index (χ1) is 5.45. The van der Waals surface area contributed by atoms with Crippen LogP contribution in [-0.4, -0.2) is 19.0 Å². The number of nitrogens with zero attached hydrogens (tertiary/aromatic N) is 1. The standard InChI is InChI=1S/C9H21N3/c1-5-6-11-8(10)12-7-9(2,3)4/h5-7H2,1-4H3,(H3,10,11,12). The third-order valence-corrected chi connectivity index (χ3v) is 1.28. The molecule has 0 spiro atoms. The lowest BCUT2D eigenvalue weighted by Gasteiger charge is -2.15. The highest BCUT2D eigenvalue weighted by Crippen LogP contribution is 2.12. The third kappa shape index (κ3) is 7.38. The zero-order valence-corrected chi connectivity index (χ0v) is 8.65. The van der Waals surface area contributed by atoms with Crippen LogP contribution in [-0.2, 0) is 0 Å². The Morgan fingerprint density at radius 2 is 2.00 bits per heavy atom. The average molecular weight is 171 g/mol. The van der Waals surface area contributed by atoms with E-state index >= 15 is 0 Å². The summed E-state index contributed by atoms with van der Waals surface area (Å²) in [5.74, 6) is 0.562. The SMILES string of the molecule is CCCNC(N)=NCC(C)(C)C. The Morgan fingerprint density at radius 3 is 2.42 bits per heavy atom. The number of nitrogens with one attached hydrogen (secondary N) is 1. The fourth-order valence-electron chi connectivity index (χ4n) is 0.631. The summed E-state index contributed by atoms with van der Waals surface area (Å²) in [4.78, 5) is 4.22. The van der Waals surface area contributed by atoms with Gasteiger partial charge in [0, 0.05) is 13.1 Å². The van der Waals surface area contributed by atoms with Crippen molar-refractivity contribution < 1.29 is 0 Å². The number of guanidine groups is 1. The van der Waals surface area contributed by atoms with E-state index in [-0.39, 0.29) is 5.41 Å². The first-order valence-corrected chi connectivity index (χ1v) is 4.49. The van der Waals surface area contributed by atoms with Crippen LogP contribution < -0.4 is 11.1 Å². The average Bonchev–Trinajstić information content (AvgIpc) is 1.95. The predicted molar refractivity (Wildman–Crippen MR) is 54.2 cm³/mol. The van der Waals surface area contributed by atoms with Gasteiger partial charge in [-0.2, -0.15) is 0 Å². The Morgan fingerprint density at radius 1 is 1.42 bits per heavy atom. The Kier molecular flexibility index (Phi) is 4.71. The summed E-state index contributed by atoms with van der Waals surface area (Å²) in [5.41, 5.74) is 5.83. The van der Waals surface area contributed by atoms with Crippen LogP contribution in [0.15, 0.2) is 4.99 Å². The number of nitrogens with two attached hydrogens (primary N) is 1. The second-order valence-corrected chi connectivity index (χ2v) is 4.19. The first kappa shape index (κ1) is 11.3. The lowest BCUT2D eigenvalue weighted by Crippen LogP contribution is -2.33. The van der Waals surface area contributed by atoms with Crippen molar-refractivity contribution in [3.8, 4) is 0 Å². The van der Waals surface area contributed by atoms with E-state index in [9.17, 15) is 0 Å². The van der Waals surface area contributed by atoms with Crippen molar-refractivity contribution in [2.45, 2.75) is 34.1 Å². The van der Waals surface area contributed by atoms with Crippen LogP contribution in [0.5, 0.6) is 0 Å². The van der Waals surface area contributed by atoms with Crippen molar-refractivity contribution in [2.24, 2.45) is 16.1 Å². The molecule has 0 saturated carbocycles. The normalized spacial score (nSPS) is 13.2. The fourth-order valence-corrected chi connectivity index (χ4v) is 0.631. The van der Waals surface area contributed by atoms with Gasteiger partial charge in [0.2, 0.25) is 0 Å². The highest BCUT2D eigenvalue weighted by Gasteiger charge is 2.08. The topological polar surface area (TPSA) is 50.4 Å². The number of rotatable bonds is 3. The van der Waals surface area contributed by atoms with Crippen LogP contribution in [0.4, 0.5) is 0 Å². The van der Waals surface area contributed by atoms with Crippen LogP contribution in [0.3, 0.4) is 0 Å². The van der Waals surface area contributed by atoms with Gasteiger partial charge in [0.05, 0.1) is 0 Å². The van der Waals surface area contributed by atoms with Gasteiger partial charge < -0.3 is 11.1 Å². The summed E-state index contributed by atoms with van der Waals surface area (Å²) < 4.78 is 0. The molecule has 0 amide bonds. The smallest absolute Gasteiger partial charge is 0.188 e. The van der Waals surface area contributed by atoms with Crippen LogP contribution >= 0.6 is 0 Å². The molecular weight excluding hydrogens is 150 g/mol. The molecule has 0 aromatic rings. The monoisotopic (exact) mass is 171 g/mol. The molecular formula is C9H21N3. The maximum absolute atomic E-state index is 5.61. The van der Waals surface area contributed by atoms with E-state index in [0.717, 1.165) is 19.5 Å². The molecule has 0 radical (unpaired) electrons. The van der Waals surface area contributed by atoms with E-state index in [4.69, 9.17) is 5.73 Å². The van der Waals surface area contributed by atoms with Crippen LogP contribution in [0, 0.1) is 5.41 Å². The molecule has 0 aromatic carbocycles. The lowest BCUT2D eigenvalue weighted by molar-refractivity contribution is 0.428. The molecule has 0 bridgehead atoms. The predicted octanol–water partition coefficient (Wildman–Crippen LogP) is 1.35. The Hall–Kier alpha value is -0.730. The Labute approximate surface area is 75.4 Å². The minimum Gasteiger partial charge on any atom is -0.370 e. The lowest BCUT2D eigenvalue weighted by atomic mass is 9.97. The van der Waals surface area contributed by atoms with Gasteiger partial charge in [0.1, 0.15) is 0 Å². The third-order valence-electron chi connectivity index (χ3n) is 1.28. The summed E-state index contributed by atoms with van der Waals surface area (Å²) in [6, 6.07) is 0. The van der Waals surface area contributed by atoms with E-state index in [2.05, 4.69) is 38.0 Å². The summed E-state index contributed by atoms with van der Waals surface area (Å²) in [5, 5.41) is 3.03. The van der Waals surface area contributed by atoms with Gasteiger partial charge in [0.25, 0.3) is 0 Å². The highest BCUT2D eigenvalue weighted by molar-refractivity contribution is 5.77. The maximum atomic E-state index is 5.61. The number of hydrogen-bond donors (Lipinski definition) is 2. The molecule has 0 rings (SSSR count). The van der Waals surface area contributed by atoms with Crippen molar-refractivity contribution in [3.63, 3.8) is 0 Å². The molecule has 0 heterocycles. The summed E-state index contributed by atoms with van der Waals surface area (Å²) in [6.45, 7) is 10.2. The van der Waals surface area contributed by atoms with Gasteiger partial charge in [0.15, 0.2) is 5.96 Å². The van der Waals surface area contributed by atoms with Crippen LogP contribution in [0.25, 0.3) is 0 Å². The number of hydrogen-bond acceptors (Lipinski definition) is 1.